The predicted octanol–water partition coefficient (Wildman–Crippen LogP) is 1.62. The molecule has 1 spiro atoms. The molecule has 6 nitrogen and oxygen atoms in total. The van der Waals surface area contributed by atoms with Gasteiger partial charge in [0.15, 0.2) is 5.79 Å². The third kappa shape index (κ3) is 2.81. The lowest BCUT2D eigenvalue weighted by Crippen LogP contribution is -2.34. The van der Waals surface area contributed by atoms with Crippen molar-refractivity contribution in [1.29, 1.82) is 0 Å². The third-order valence-corrected chi connectivity index (χ3v) is 3.54. The summed E-state index contributed by atoms with van der Waals surface area (Å²) in [6.07, 6.45) is 2.71. The minimum atomic E-state index is -0.963. The molecule has 0 amide bonds. The Kier molecular flexibility index (Phi) is 4.19. The zero-order valence-electron chi connectivity index (χ0n) is 10.5. The smallest absolute Gasteiger partial charge is 0.437 e. The van der Waals surface area contributed by atoms with Crippen molar-refractivity contribution in [3.8, 4) is 0 Å². The van der Waals surface area contributed by atoms with Gasteiger partial charge in [0.1, 0.15) is 0 Å². The molecule has 0 bridgehead atoms. The van der Waals surface area contributed by atoms with Gasteiger partial charge < -0.3 is 18.9 Å². The van der Waals surface area contributed by atoms with E-state index in [9.17, 15) is 9.59 Å². The normalized spacial score (nSPS) is 25.3. The van der Waals surface area contributed by atoms with E-state index in [4.69, 9.17) is 9.47 Å². The minimum absolute atomic E-state index is 0.175. The van der Waals surface area contributed by atoms with Crippen molar-refractivity contribution in [2.45, 2.75) is 37.9 Å². The maximum Gasteiger partial charge on any atom is 0.515 e. The van der Waals surface area contributed by atoms with Gasteiger partial charge >= 0.3 is 12.1 Å². The Morgan fingerprint density at radius 1 is 1.33 bits per heavy atom. The summed E-state index contributed by atoms with van der Waals surface area (Å²) >= 11 is 0. The zero-order chi connectivity index (χ0) is 13.0. The van der Waals surface area contributed by atoms with Crippen molar-refractivity contribution >= 4 is 12.1 Å². The first-order valence-electron chi connectivity index (χ1n) is 6.23. The first kappa shape index (κ1) is 13.3. The predicted molar refractivity (Wildman–Crippen MR) is 59.7 cm³/mol. The fourth-order valence-corrected chi connectivity index (χ4v) is 2.71. The Bertz CT molecular complexity index is 315. The third-order valence-electron chi connectivity index (χ3n) is 3.54. The minimum Gasteiger partial charge on any atom is -0.437 e. The molecule has 0 radical (unpaired) electrons. The molecule has 1 heterocycles. The Hall–Kier alpha value is -1.14. The van der Waals surface area contributed by atoms with E-state index in [2.05, 4.69) is 9.47 Å². The number of ether oxygens (including phenoxy) is 4. The summed E-state index contributed by atoms with van der Waals surface area (Å²) in [7, 11) is 1.17. The van der Waals surface area contributed by atoms with E-state index in [1.165, 1.54) is 7.11 Å². The van der Waals surface area contributed by atoms with Crippen molar-refractivity contribution in [3.63, 3.8) is 0 Å². The lowest BCUT2D eigenvalue weighted by Gasteiger charge is -2.29. The van der Waals surface area contributed by atoms with Gasteiger partial charge in [-0.2, -0.15) is 0 Å². The highest BCUT2D eigenvalue weighted by Crippen LogP contribution is 2.44. The topological polar surface area (TPSA) is 71.1 Å². The summed E-state index contributed by atoms with van der Waals surface area (Å²) in [5, 5.41) is 0. The van der Waals surface area contributed by atoms with Gasteiger partial charge in [-0.25, -0.2) is 4.79 Å². The Labute approximate surface area is 106 Å². The second-order valence-electron chi connectivity index (χ2n) is 4.56. The molecule has 18 heavy (non-hydrogen) atoms. The molecule has 1 aliphatic carbocycles. The van der Waals surface area contributed by atoms with Crippen LogP contribution in [0, 0.1) is 5.92 Å². The van der Waals surface area contributed by atoms with Gasteiger partial charge in [0, 0.05) is 18.8 Å². The van der Waals surface area contributed by atoms with Crippen molar-refractivity contribution in [1.82, 2.24) is 0 Å². The van der Waals surface area contributed by atoms with Crippen LogP contribution in [0.5, 0.6) is 0 Å². The van der Waals surface area contributed by atoms with Gasteiger partial charge in [-0.05, 0) is 19.3 Å². The molecule has 2 rings (SSSR count). The van der Waals surface area contributed by atoms with Crippen molar-refractivity contribution in [2.75, 3.05) is 20.3 Å². The lowest BCUT2D eigenvalue weighted by atomic mass is 9.96. The Balaban J connectivity index is 1.79. The van der Waals surface area contributed by atoms with Gasteiger partial charge in [0.25, 0.3) is 0 Å². The number of hydrogen-bond donors (Lipinski definition) is 0. The van der Waals surface area contributed by atoms with E-state index in [0.29, 0.717) is 19.6 Å². The summed E-state index contributed by atoms with van der Waals surface area (Å²) in [6.45, 7) is 1.23. The molecular weight excluding hydrogens is 240 g/mol. The molecule has 2 fully saturated rings. The molecule has 1 unspecified atom stereocenters. The molecule has 0 aromatic rings. The fraction of sp³-hybridized carbons (Fsp3) is 0.833. The molecule has 0 N–H and O–H groups in total. The van der Waals surface area contributed by atoms with E-state index in [1.807, 2.05) is 0 Å². The van der Waals surface area contributed by atoms with E-state index >= 15 is 0 Å². The monoisotopic (exact) mass is 258 g/mol. The second-order valence-corrected chi connectivity index (χ2v) is 4.56. The molecule has 1 aliphatic heterocycles. The Morgan fingerprint density at radius 3 is 2.72 bits per heavy atom. The van der Waals surface area contributed by atoms with Crippen molar-refractivity contribution < 1.29 is 28.5 Å². The van der Waals surface area contributed by atoms with Crippen molar-refractivity contribution in [3.05, 3.63) is 0 Å². The lowest BCUT2D eigenvalue weighted by molar-refractivity contribution is -0.183. The molecule has 0 aromatic carbocycles. The first-order valence-corrected chi connectivity index (χ1v) is 6.23. The molecule has 1 saturated carbocycles. The second kappa shape index (κ2) is 5.67. The highest BCUT2D eigenvalue weighted by Gasteiger charge is 2.47. The highest BCUT2D eigenvalue weighted by atomic mass is 16.7. The quantitative estimate of drug-likeness (QED) is 0.566. The van der Waals surface area contributed by atoms with Crippen LogP contribution in [-0.2, 0) is 23.7 Å². The van der Waals surface area contributed by atoms with Crippen LogP contribution in [-0.4, -0.2) is 38.2 Å². The van der Waals surface area contributed by atoms with Gasteiger partial charge in [-0.3, -0.25) is 4.79 Å². The maximum absolute atomic E-state index is 11.4. The average Bonchev–Trinajstić information content (AvgIpc) is 2.98. The number of methoxy groups -OCH3 is 1. The molecule has 2 aliphatic rings. The van der Waals surface area contributed by atoms with E-state index in [-0.39, 0.29) is 12.3 Å². The van der Waals surface area contributed by atoms with Crippen LogP contribution in [0.4, 0.5) is 4.79 Å². The van der Waals surface area contributed by atoms with Crippen LogP contribution < -0.4 is 0 Å². The van der Waals surface area contributed by atoms with Gasteiger partial charge in [-0.1, -0.05) is 0 Å². The van der Waals surface area contributed by atoms with Crippen LogP contribution in [0.15, 0.2) is 0 Å². The molecular formula is C12H18O6. The molecule has 1 saturated heterocycles. The molecule has 0 aromatic heterocycles. The van der Waals surface area contributed by atoms with Crippen LogP contribution in [0.2, 0.25) is 0 Å². The summed E-state index contributed by atoms with van der Waals surface area (Å²) in [5.74, 6) is -0.863. The van der Waals surface area contributed by atoms with Crippen LogP contribution >= 0.6 is 0 Å². The average molecular weight is 258 g/mol. The van der Waals surface area contributed by atoms with E-state index in [0.717, 1.165) is 19.3 Å². The van der Waals surface area contributed by atoms with Crippen LogP contribution in [0.25, 0.3) is 0 Å². The van der Waals surface area contributed by atoms with E-state index < -0.39 is 17.9 Å². The van der Waals surface area contributed by atoms with Gasteiger partial charge in [0.05, 0.1) is 20.3 Å². The molecule has 1 atom stereocenters. The van der Waals surface area contributed by atoms with Gasteiger partial charge in [-0.15, -0.1) is 0 Å². The largest absolute Gasteiger partial charge is 0.515 e. The fourth-order valence-electron chi connectivity index (χ4n) is 2.71. The number of hydrogen-bond acceptors (Lipinski definition) is 6. The Morgan fingerprint density at radius 2 is 2.06 bits per heavy atom. The SMILES string of the molecule is COC(=O)OC(=O)CCC1CCCC12OCCO2. The summed E-state index contributed by atoms with van der Waals surface area (Å²) in [4.78, 5) is 22.1. The molecule has 102 valence electrons. The summed E-state index contributed by atoms with van der Waals surface area (Å²) in [6, 6.07) is 0. The molecule has 6 heteroatoms. The van der Waals surface area contributed by atoms with Crippen LogP contribution in [0.1, 0.15) is 32.1 Å². The maximum atomic E-state index is 11.4. The zero-order valence-corrected chi connectivity index (χ0v) is 10.5. The highest BCUT2D eigenvalue weighted by molar-refractivity contribution is 5.81. The van der Waals surface area contributed by atoms with Crippen molar-refractivity contribution in [2.24, 2.45) is 5.92 Å². The van der Waals surface area contributed by atoms with E-state index in [1.54, 1.807) is 0 Å². The number of carbonyl (C=O) groups excluding carboxylic acids is 2. The number of rotatable bonds is 3. The standard InChI is InChI=1S/C12H18O6/c1-15-11(14)18-10(13)5-4-9-3-2-6-12(9)16-7-8-17-12/h9H,2-8H2,1H3. The van der Waals surface area contributed by atoms with Gasteiger partial charge in [0.2, 0.25) is 0 Å². The number of carbonyl (C=O) groups is 2. The number of esters is 1. The first-order chi connectivity index (χ1) is 8.66. The summed E-state index contributed by atoms with van der Waals surface area (Å²) in [5.41, 5.74) is 0. The van der Waals surface area contributed by atoms with Crippen LogP contribution in [0.3, 0.4) is 0 Å². The summed E-state index contributed by atoms with van der Waals surface area (Å²) < 4.78 is 20.0.